The average molecular weight is 464 g/mol. The summed E-state index contributed by atoms with van der Waals surface area (Å²) >= 11 is 0. The SMILES string of the molecule is CC(=O)c1ccc(S(=O)(=O)N2CCc3c(c(-c4nnc(-c5ccccc5)o4)nn3C)C2)cc1. The molecule has 0 amide bonds. The van der Waals surface area contributed by atoms with Gasteiger partial charge < -0.3 is 4.42 Å². The Kier molecular flexibility index (Phi) is 5.18. The molecule has 1 aliphatic heterocycles. The predicted octanol–water partition coefficient (Wildman–Crippen LogP) is 3.09. The second kappa shape index (κ2) is 8.05. The van der Waals surface area contributed by atoms with E-state index in [4.69, 9.17) is 4.42 Å². The molecule has 5 rings (SSSR count). The van der Waals surface area contributed by atoms with Gasteiger partial charge in [-0.1, -0.05) is 30.3 Å². The minimum atomic E-state index is -3.76. The van der Waals surface area contributed by atoms with Crippen LogP contribution in [0.1, 0.15) is 28.5 Å². The van der Waals surface area contributed by atoms with E-state index in [1.165, 1.54) is 35.5 Å². The number of rotatable bonds is 5. The lowest BCUT2D eigenvalue weighted by Gasteiger charge is -2.26. The largest absolute Gasteiger partial charge is 0.415 e. The number of carbonyl (C=O) groups is 1. The Morgan fingerprint density at radius 2 is 1.70 bits per heavy atom. The fourth-order valence-corrected chi connectivity index (χ4v) is 5.38. The van der Waals surface area contributed by atoms with E-state index < -0.39 is 10.0 Å². The van der Waals surface area contributed by atoms with Gasteiger partial charge in [0.15, 0.2) is 11.5 Å². The van der Waals surface area contributed by atoms with Crippen molar-refractivity contribution in [1.82, 2.24) is 24.3 Å². The number of nitrogens with zero attached hydrogens (tertiary/aromatic N) is 5. The summed E-state index contributed by atoms with van der Waals surface area (Å²) in [5.74, 6) is 0.502. The van der Waals surface area contributed by atoms with Gasteiger partial charge in [0, 0.05) is 48.9 Å². The van der Waals surface area contributed by atoms with Gasteiger partial charge in [0.1, 0.15) is 0 Å². The van der Waals surface area contributed by atoms with E-state index >= 15 is 0 Å². The molecule has 1 aliphatic rings. The molecular weight excluding hydrogens is 442 g/mol. The van der Waals surface area contributed by atoms with Crippen LogP contribution in [-0.2, 0) is 30.0 Å². The van der Waals surface area contributed by atoms with Crippen molar-refractivity contribution in [3.05, 3.63) is 71.4 Å². The van der Waals surface area contributed by atoms with Crippen LogP contribution in [0, 0.1) is 0 Å². The molecule has 0 saturated heterocycles. The Balaban J connectivity index is 1.47. The van der Waals surface area contributed by atoms with E-state index in [0.29, 0.717) is 30.1 Å². The van der Waals surface area contributed by atoms with Crippen LogP contribution in [0.25, 0.3) is 23.0 Å². The highest BCUT2D eigenvalue weighted by molar-refractivity contribution is 7.89. The Hall–Kier alpha value is -3.63. The van der Waals surface area contributed by atoms with Crippen molar-refractivity contribution >= 4 is 15.8 Å². The summed E-state index contributed by atoms with van der Waals surface area (Å²) in [7, 11) is -1.94. The minimum absolute atomic E-state index is 0.115. The summed E-state index contributed by atoms with van der Waals surface area (Å²) in [6, 6.07) is 15.4. The van der Waals surface area contributed by atoms with E-state index in [9.17, 15) is 13.2 Å². The second-order valence-corrected chi connectivity index (χ2v) is 9.78. The summed E-state index contributed by atoms with van der Waals surface area (Å²) < 4.78 is 35.6. The lowest BCUT2D eigenvalue weighted by atomic mass is 10.1. The molecule has 0 unspecified atom stereocenters. The molecular formula is C23H21N5O4S. The first-order valence-electron chi connectivity index (χ1n) is 10.4. The molecule has 0 N–H and O–H groups in total. The van der Waals surface area contributed by atoms with Crippen LogP contribution in [0.4, 0.5) is 0 Å². The van der Waals surface area contributed by atoms with Gasteiger partial charge in [-0.05, 0) is 31.2 Å². The number of aromatic nitrogens is 4. The maximum Gasteiger partial charge on any atom is 0.268 e. The fraction of sp³-hybridized carbons (Fsp3) is 0.217. The predicted molar refractivity (Wildman–Crippen MR) is 120 cm³/mol. The van der Waals surface area contributed by atoms with E-state index in [2.05, 4.69) is 15.3 Å². The molecule has 0 saturated carbocycles. The molecule has 10 heteroatoms. The molecule has 9 nitrogen and oxygen atoms in total. The van der Waals surface area contributed by atoms with Crippen LogP contribution in [-0.4, -0.2) is 45.0 Å². The van der Waals surface area contributed by atoms with Gasteiger partial charge in [-0.15, -0.1) is 10.2 Å². The Morgan fingerprint density at radius 3 is 2.39 bits per heavy atom. The van der Waals surface area contributed by atoms with Crippen LogP contribution >= 0.6 is 0 Å². The van der Waals surface area contributed by atoms with E-state index in [0.717, 1.165) is 16.8 Å². The summed E-state index contributed by atoms with van der Waals surface area (Å²) in [5.41, 5.74) is 3.42. The number of carbonyl (C=O) groups excluding carboxylic acids is 1. The third-order valence-corrected chi connectivity index (χ3v) is 7.61. The molecule has 0 aliphatic carbocycles. The highest BCUT2D eigenvalue weighted by atomic mass is 32.2. The van der Waals surface area contributed by atoms with Crippen molar-refractivity contribution in [2.75, 3.05) is 6.54 Å². The quantitative estimate of drug-likeness (QED) is 0.418. The molecule has 168 valence electrons. The molecule has 33 heavy (non-hydrogen) atoms. The highest BCUT2D eigenvalue weighted by Gasteiger charge is 2.33. The fourth-order valence-electron chi connectivity index (χ4n) is 3.97. The van der Waals surface area contributed by atoms with Gasteiger partial charge >= 0.3 is 0 Å². The van der Waals surface area contributed by atoms with Crippen LogP contribution in [0.2, 0.25) is 0 Å². The zero-order chi connectivity index (χ0) is 23.2. The third kappa shape index (κ3) is 3.77. The first kappa shape index (κ1) is 21.2. The van der Waals surface area contributed by atoms with Gasteiger partial charge in [-0.3, -0.25) is 9.48 Å². The minimum Gasteiger partial charge on any atom is -0.415 e. The van der Waals surface area contributed by atoms with E-state index in [1.807, 2.05) is 37.4 Å². The molecule has 2 aromatic heterocycles. The molecule has 0 atom stereocenters. The smallest absolute Gasteiger partial charge is 0.268 e. The zero-order valence-electron chi connectivity index (χ0n) is 18.1. The van der Waals surface area contributed by atoms with E-state index in [1.54, 1.807) is 4.68 Å². The first-order chi connectivity index (χ1) is 15.8. The monoisotopic (exact) mass is 463 g/mol. The topological polar surface area (TPSA) is 111 Å². The average Bonchev–Trinajstić information content (AvgIpc) is 3.44. The van der Waals surface area contributed by atoms with E-state index in [-0.39, 0.29) is 23.1 Å². The second-order valence-electron chi connectivity index (χ2n) is 7.85. The number of sulfonamides is 1. The summed E-state index contributed by atoms with van der Waals surface area (Å²) in [4.78, 5) is 11.7. The van der Waals surface area contributed by atoms with Crippen molar-refractivity contribution in [2.24, 2.45) is 7.05 Å². The maximum absolute atomic E-state index is 13.3. The standard InChI is InChI=1S/C23H21N5O4S/c1-15(29)16-8-10-18(11-9-16)33(30,31)28-13-12-20-19(14-28)21(26-27(20)2)23-25-24-22(32-23)17-6-4-3-5-7-17/h3-11H,12-14H2,1-2H3. The Bertz CT molecular complexity index is 1440. The number of benzene rings is 2. The van der Waals surface area contributed by atoms with Gasteiger partial charge in [-0.2, -0.15) is 9.40 Å². The van der Waals surface area contributed by atoms with Gasteiger partial charge in [0.05, 0.1) is 4.90 Å². The number of Topliss-reactive ketones (excluding diaryl/α,β-unsaturated/α-hetero) is 1. The molecule has 0 fully saturated rings. The normalized spacial score (nSPS) is 14.2. The molecule has 4 aromatic rings. The maximum atomic E-state index is 13.3. The number of fused-ring (bicyclic) bond motifs is 1. The number of hydrogen-bond donors (Lipinski definition) is 0. The van der Waals surface area contributed by atoms with Gasteiger partial charge in [0.2, 0.25) is 15.9 Å². The third-order valence-electron chi connectivity index (χ3n) is 5.75. The summed E-state index contributed by atoms with van der Waals surface area (Å²) in [6.07, 6.45) is 0.503. The van der Waals surface area contributed by atoms with Crippen molar-refractivity contribution in [3.8, 4) is 23.0 Å². The van der Waals surface area contributed by atoms with Gasteiger partial charge in [0.25, 0.3) is 5.89 Å². The summed E-state index contributed by atoms with van der Waals surface area (Å²) in [6.45, 7) is 1.90. The van der Waals surface area contributed by atoms with Crippen molar-refractivity contribution < 1.29 is 17.6 Å². The highest BCUT2D eigenvalue weighted by Crippen LogP contribution is 2.32. The van der Waals surface area contributed by atoms with Crippen molar-refractivity contribution in [1.29, 1.82) is 0 Å². The Labute approximate surface area is 190 Å². The lowest BCUT2D eigenvalue weighted by Crippen LogP contribution is -2.36. The number of ketones is 1. The summed E-state index contributed by atoms with van der Waals surface area (Å²) in [5, 5.41) is 12.8. The molecule has 2 aromatic carbocycles. The van der Waals surface area contributed by atoms with Gasteiger partial charge in [-0.25, -0.2) is 8.42 Å². The Morgan fingerprint density at radius 1 is 1.00 bits per heavy atom. The first-order valence-corrected chi connectivity index (χ1v) is 11.8. The lowest BCUT2D eigenvalue weighted by molar-refractivity contribution is 0.101. The van der Waals surface area contributed by atoms with Crippen molar-refractivity contribution in [3.63, 3.8) is 0 Å². The van der Waals surface area contributed by atoms with Crippen LogP contribution in [0.5, 0.6) is 0 Å². The molecule has 0 bridgehead atoms. The number of aryl methyl sites for hydroxylation is 1. The van der Waals surface area contributed by atoms with Crippen LogP contribution < -0.4 is 0 Å². The van der Waals surface area contributed by atoms with Crippen molar-refractivity contribution in [2.45, 2.75) is 24.8 Å². The van der Waals surface area contributed by atoms with Crippen LogP contribution in [0.3, 0.4) is 0 Å². The molecule has 3 heterocycles. The molecule has 0 spiro atoms. The number of hydrogen-bond acceptors (Lipinski definition) is 7. The zero-order valence-corrected chi connectivity index (χ0v) is 18.9. The van der Waals surface area contributed by atoms with Crippen LogP contribution in [0.15, 0.2) is 63.9 Å². The molecule has 0 radical (unpaired) electrons.